The summed E-state index contributed by atoms with van der Waals surface area (Å²) in [5.74, 6) is 0. The van der Waals surface area contributed by atoms with Gasteiger partial charge in [0.15, 0.2) is 0 Å². The highest BCUT2D eigenvalue weighted by atomic mass is 16.5. The lowest BCUT2D eigenvalue weighted by Crippen LogP contribution is -2.41. The van der Waals surface area contributed by atoms with E-state index in [1.165, 1.54) is 0 Å². The molecule has 13 heavy (non-hydrogen) atoms. The molecule has 0 aromatic heterocycles. The third kappa shape index (κ3) is 8.00. The van der Waals surface area contributed by atoms with Crippen molar-refractivity contribution >= 4 is 0 Å². The Morgan fingerprint density at radius 2 is 1.77 bits per heavy atom. The Kier molecular flexibility index (Phi) is 4.14. The molecule has 0 radical (unpaired) electrons. The van der Waals surface area contributed by atoms with Gasteiger partial charge in [-0.05, 0) is 41.0 Å². The Morgan fingerprint density at radius 3 is 2.08 bits per heavy atom. The highest BCUT2D eigenvalue weighted by Crippen LogP contribution is 2.20. The van der Waals surface area contributed by atoms with Gasteiger partial charge in [-0.2, -0.15) is 0 Å². The van der Waals surface area contributed by atoms with Crippen molar-refractivity contribution in [2.45, 2.75) is 52.2 Å². The molecule has 78 valence electrons. The number of nitrogens with two attached hydrogens (primary N) is 1. The smallest absolute Gasteiger partial charge is 0.0664 e. The van der Waals surface area contributed by atoms with Crippen molar-refractivity contribution in [1.29, 1.82) is 0 Å². The van der Waals surface area contributed by atoms with Crippen LogP contribution >= 0.6 is 0 Å². The van der Waals surface area contributed by atoms with Crippen LogP contribution in [0, 0.1) is 0 Å². The van der Waals surface area contributed by atoms with Gasteiger partial charge in [-0.1, -0.05) is 5.57 Å². The van der Waals surface area contributed by atoms with Gasteiger partial charge in [0, 0.05) is 5.54 Å². The first-order valence-corrected chi connectivity index (χ1v) is 4.70. The highest BCUT2D eigenvalue weighted by molar-refractivity contribution is 4.95. The van der Waals surface area contributed by atoms with Crippen LogP contribution < -0.4 is 5.73 Å². The molecule has 2 N–H and O–H groups in total. The lowest BCUT2D eigenvalue weighted by Gasteiger charge is -2.30. The molecule has 0 saturated heterocycles. The summed E-state index contributed by atoms with van der Waals surface area (Å²) in [7, 11) is 0. The van der Waals surface area contributed by atoms with Gasteiger partial charge in [0.05, 0.1) is 12.2 Å². The summed E-state index contributed by atoms with van der Waals surface area (Å²) in [6, 6.07) is 0. The van der Waals surface area contributed by atoms with Gasteiger partial charge >= 0.3 is 0 Å². The topological polar surface area (TPSA) is 35.2 Å². The molecule has 0 aliphatic heterocycles. The van der Waals surface area contributed by atoms with Crippen molar-refractivity contribution in [3.63, 3.8) is 0 Å². The standard InChI is InChI=1S/C11H23NO/c1-9(2)7-11(5,6)13-8-10(3,4)12/h1,7-8,12H2,2-6H3. The van der Waals surface area contributed by atoms with Gasteiger partial charge in [-0.3, -0.25) is 0 Å². The van der Waals surface area contributed by atoms with E-state index in [0.29, 0.717) is 6.61 Å². The largest absolute Gasteiger partial charge is 0.373 e. The number of ether oxygens (including phenoxy) is 1. The summed E-state index contributed by atoms with van der Waals surface area (Å²) in [4.78, 5) is 0. The molecule has 2 heteroatoms. The van der Waals surface area contributed by atoms with Crippen LogP contribution in [-0.4, -0.2) is 17.7 Å². The highest BCUT2D eigenvalue weighted by Gasteiger charge is 2.22. The van der Waals surface area contributed by atoms with Crippen LogP contribution in [0.4, 0.5) is 0 Å². The predicted octanol–water partition coefficient (Wildman–Crippen LogP) is 2.49. The van der Waals surface area contributed by atoms with Crippen molar-refractivity contribution in [1.82, 2.24) is 0 Å². The number of hydrogen-bond acceptors (Lipinski definition) is 2. The fourth-order valence-electron chi connectivity index (χ4n) is 1.16. The molecule has 0 aliphatic carbocycles. The van der Waals surface area contributed by atoms with Gasteiger partial charge in [0.1, 0.15) is 0 Å². The molecule has 0 amide bonds. The fraction of sp³-hybridized carbons (Fsp3) is 0.818. The van der Waals surface area contributed by atoms with E-state index in [9.17, 15) is 0 Å². The molecular weight excluding hydrogens is 162 g/mol. The monoisotopic (exact) mass is 185 g/mol. The molecule has 0 spiro atoms. The third-order valence-electron chi connectivity index (χ3n) is 1.56. The summed E-state index contributed by atoms with van der Waals surface area (Å²) >= 11 is 0. The minimum atomic E-state index is -0.258. The minimum absolute atomic E-state index is 0.150. The maximum absolute atomic E-state index is 5.83. The number of hydrogen-bond donors (Lipinski definition) is 1. The second-order valence-electron chi connectivity index (χ2n) is 5.17. The molecule has 0 aliphatic rings. The van der Waals surface area contributed by atoms with Crippen molar-refractivity contribution in [2.75, 3.05) is 6.61 Å². The summed E-state index contributed by atoms with van der Waals surface area (Å²) in [5.41, 5.74) is 6.56. The van der Waals surface area contributed by atoms with Crippen LogP contribution in [0.25, 0.3) is 0 Å². The summed E-state index contributed by atoms with van der Waals surface area (Å²) < 4.78 is 5.72. The van der Waals surface area contributed by atoms with Gasteiger partial charge in [0.25, 0.3) is 0 Å². The number of rotatable bonds is 5. The van der Waals surface area contributed by atoms with E-state index in [1.807, 2.05) is 20.8 Å². The molecule has 0 rings (SSSR count). The van der Waals surface area contributed by atoms with Crippen LogP contribution in [0.1, 0.15) is 41.0 Å². The quantitative estimate of drug-likeness (QED) is 0.668. The summed E-state index contributed by atoms with van der Waals surface area (Å²) in [5, 5.41) is 0. The predicted molar refractivity (Wildman–Crippen MR) is 57.7 cm³/mol. The molecule has 0 saturated carbocycles. The Morgan fingerprint density at radius 1 is 1.31 bits per heavy atom. The first-order valence-electron chi connectivity index (χ1n) is 4.70. The van der Waals surface area contributed by atoms with E-state index < -0.39 is 0 Å². The normalized spacial score (nSPS) is 13.1. The van der Waals surface area contributed by atoms with Crippen LogP contribution in [0.5, 0.6) is 0 Å². The van der Waals surface area contributed by atoms with E-state index in [2.05, 4.69) is 20.4 Å². The van der Waals surface area contributed by atoms with Crippen LogP contribution in [0.2, 0.25) is 0 Å². The van der Waals surface area contributed by atoms with Crippen LogP contribution in [-0.2, 0) is 4.74 Å². The van der Waals surface area contributed by atoms with Crippen molar-refractivity contribution < 1.29 is 4.74 Å². The first-order chi connectivity index (χ1) is 5.62. The van der Waals surface area contributed by atoms with E-state index in [-0.39, 0.29) is 11.1 Å². The molecule has 0 unspecified atom stereocenters. The van der Waals surface area contributed by atoms with E-state index in [1.54, 1.807) is 0 Å². The molecule has 2 nitrogen and oxygen atoms in total. The SMILES string of the molecule is C=C(C)CC(C)(C)OCC(C)(C)N. The molecule has 0 heterocycles. The zero-order chi connectivity index (χ0) is 10.7. The van der Waals surface area contributed by atoms with Gasteiger partial charge in [0.2, 0.25) is 0 Å². The van der Waals surface area contributed by atoms with Gasteiger partial charge < -0.3 is 10.5 Å². The molecule has 0 fully saturated rings. The third-order valence-corrected chi connectivity index (χ3v) is 1.56. The zero-order valence-electron chi connectivity index (χ0n) is 9.61. The molecule has 0 bridgehead atoms. The molecular formula is C11H23NO. The zero-order valence-corrected chi connectivity index (χ0v) is 9.61. The summed E-state index contributed by atoms with van der Waals surface area (Å²) in [6.45, 7) is 14.5. The van der Waals surface area contributed by atoms with E-state index in [4.69, 9.17) is 10.5 Å². The second-order valence-corrected chi connectivity index (χ2v) is 5.17. The van der Waals surface area contributed by atoms with E-state index >= 15 is 0 Å². The van der Waals surface area contributed by atoms with Crippen molar-refractivity contribution in [2.24, 2.45) is 5.73 Å². The maximum Gasteiger partial charge on any atom is 0.0664 e. The van der Waals surface area contributed by atoms with Crippen molar-refractivity contribution in [3.05, 3.63) is 12.2 Å². The van der Waals surface area contributed by atoms with E-state index in [0.717, 1.165) is 12.0 Å². The lowest BCUT2D eigenvalue weighted by atomic mass is 9.99. The average Bonchev–Trinajstić information content (AvgIpc) is 1.79. The average molecular weight is 185 g/mol. The van der Waals surface area contributed by atoms with Gasteiger partial charge in [-0.15, -0.1) is 6.58 Å². The summed E-state index contributed by atoms with van der Waals surface area (Å²) in [6.07, 6.45) is 0.878. The molecule has 0 aromatic carbocycles. The van der Waals surface area contributed by atoms with Gasteiger partial charge in [-0.25, -0.2) is 0 Å². The maximum atomic E-state index is 5.83. The van der Waals surface area contributed by atoms with Crippen LogP contribution in [0.15, 0.2) is 12.2 Å². The molecule has 0 atom stereocenters. The van der Waals surface area contributed by atoms with Crippen molar-refractivity contribution in [3.8, 4) is 0 Å². The Hall–Kier alpha value is -0.340. The fourth-order valence-corrected chi connectivity index (χ4v) is 1.16. The first kappa shape index (κ1) is 12.7. The second kappa shape index (κ2) is 4.25. The van der Waals surface area contributed by atoms with Crippen LogP contribution in [0.3, 0.4) is 0 Å². The molecule has 0 aromatic rings. The Labute approximate surface area is 82.2 Å². The Bertz CT molecular complexity index is 177. The lowest BCUT2D eigenvalue weighted by molar-refractivity contribution is -0.0355. The Balaban J connectivity index is 3.96. The minimum Gasteiger partial charge on any atom is -0.373 e.